The first-order valence-electron chi connectivity index (χ1n) is 8.13. The standard InChI is InChI=1S/C17H23N3O3S/c1-11-17(12(2)23-20-11)14-5-6-16(15(18)8-14)19-9-13-4-3-7-24(21,22)10-13/h5-6,8,13,19H,3-4,7,9-10,18H2,1-2H3. The highest BCUT2D eigenvalue weighted by molar-refractivity contribution is 7.91. The predicted molar refractivity (Wildman–Crippen MR) is 95.7 cm³/mol. The lowest BCUT2D eigenvalue weighted by Gasteiger charge is -2.23. The molecule has 0 aliphatic carbocycles. The Hall–Kier alpha value is -2.02. The van der Waals surface area contributed by atoms with Gasteiger partial charge in [0.25, 0.3) is 0 Å². The lowest BCUT2D eigenvalue weighted by atomic mass is 10.0. The topological polar surface area (TPSA) is 98.2 Å². The Morgan fingerprint density at radius 2 is 2.17 bits per heavy atom. The minimum atomic E-state index is -2.88. The number of aromatic nitrogens is 1. The Labute approximate surface area is 142 Å². The molecule has 3 rings (SSSR count). The van der Waals surface area contributed by atoms with Crippen molar-refractivity contribution in [3.05, 3.63) is 29.7 Å². The van der Waals surface area contributed by atoms with Gasteiger partial charge < -0.3 is 15.6 Å². The fourth-order valence-corrected chi connectivity index (χ4v) is 5.08. The van der Waals surface area contributed by atoms with E-state index in [1.807, 2.05) is 32.0 Å². The average molecular weight is 349 g/mol. The van der Waals surface area contributed by atoms with E-state index in [1.165, 1.54) is 0 Å². The fraction of sp³-hybridized carbons (Fsp3) is 0.471. The van der Waals surface area contributed by atoms with Gasteiger partial charge in [-0.05, 0) is 50.3 Å². The van der Waals surface area contributed by atoms with Gasteiger partial charge in [0.1, 0.15) is 5.76 Å². The Balaban J connectivity index is 1.72. The van der Waals surface area contributed by atoms with E-state index in [4.69, 9.17) is 10.3 Å². The first-order valence-corrected chi connectivity index (χ1v) is 9.95. The first-order chi connectivity index (χ1) is 11.4. The Kier molecular flexibility index (Phi) is 4.54. The number of nitrogens with zero attached hydrogens (tertiary/aromatic N) is 1. The van der Waals surface area contributed by atoms with Crippen LogP contribution in [0.4, 0.5) is 11.4 Å². The molecule has 1 saturated heterocycles. The maximum Gasteiger partial charge on any atom is 0.150 e. The van der Waals surface area contributed by atoms with E-state index < -0.39 is 9.84 Å². The molecule has 3 N–H and O–H groups in total. The van der Waals surface area contributed by atoms with Gasteiger partial charge in [0.05, 0.1) is 28.6 Å². The third-order valence-electron chi connectivity index (χ3n) is 4.51. The van der Waals surface area contributed by atoms with Gasteiger partial charge in [-0.3, -0.25) is 0 Å². The zero-order valence-electron chi connectivity index (χ0n) is 14.0. The van der Waals surface area contributed by atoms with Crippen molar-refractivity contribution in [3.8, 4) is 11.1 Å². The number of rotatable bonds is 4. The van der Waals surface area contributed by atoms with Crippen LogP contribution in [0.25, 0.3) is 11.1 Å². The van der Waals surface area contributed by atoms with Gasteiger partial charge in [-0.1, -0.05) is 11.2 Å². The summed E-state index contributed by atoms with van der Waals surface area (Å²) in [4.78, 5) is 0. The number of benzene rings is 1. The third-order valence-corrected chi connectivity index (χ3v) is 6.40. The molecule has 1 unspecified atom stereocenters. The van der Waals surface area contributed by atoms with Crippen LogP contribution in [0.5, 0.6) is 0 Å². The number of aryl methyl sites for hydroxylation is 2. The van der Waals surface area contributed by atoms with E-state index >= 15 is 0 Å². The molecule has 2 aromatic rings. The van der Waals surface area contributed by atoms with Gasteiger partial charge in [0, 0.05) is 12.1 Å². The lowest BCUT2D eigenvalue weighted by molar-refractivity contribution is 0.393. The second kappa shape index (κ2) is 6.47. The highest BCUT2D eigenvalue weighted by Gasteiger charge is 2.24. The van der Waals surface area contributed by atoms with Crippen molar-refractivity contribution in [1.29, 1.82) is 0 Å². The molecule has 1 aromatic heterocycles. The SMILES string of the molecule is Cc1noc(C)c1-c1ccc(NCC2CCCS(=O)(=O)C2)c(N)c1. The van der Waals surface area contributed by atoms with Crippen molar-refractivity contribution in [2.75, 3.05) is 29.1 Å². The molecule has 6 nitrogen and oxygen atoms in total. The van der Waals surface area contributed by atoms with Crippen molar-refractivity contribution < 1.29 is 12.9 Å². The summed E-state index contributed by atoms with van der Waals surface area (Å²) in [6.07, 6.45) is 1.68. The highest BCUT2D eigenvalue weighted by Crippen LogP contribution is 2.31. The molecule has 24 heavy (non-hydrogen) atoms. The van der Waals surface area contributed by atoms with Crippen molar-refractivity contribution in [2.24, 2.45) is 5.92 Å². The Bertz CT molecular complexity index is 823. The number of nitrogen functional groups attached to an aromatic ring is 1. The van der Waals surface area contributed by atoms with E-state index in [1.54, 1.807) is 0 Å². The molecule has 0 saturated carbocycles. The van der Waals surface area contributed by atoms with Gasteiger partial charge in [-0.2, -0.15) is 0 Å². The zero-order valence-corrected chi connectivity index (χ0v) is 14.8. The molecule has 2 heterocycles. The van der Waals surface area contributed by atoms with Crippen LogP contribution in [0, 0.1) is 19.8 Å². The molecule has 1 atom stereocenters. The molecule has 1 aliphatic heterocycles. The molecule has 130 valence electrons. The predicted octanol–water partition coefficient (Wildman–Crippen LogP) is 2.78. The number of nitrogens with two attached hydrogens (primary N) is 1. The average Bonchev–Trinajstić information content (AvgIpc) is 2.84. The van der Waals surface area contributed by atoms with Crippen molar-refractivity contribution >= 4 is 21.2 Å². The molecule has 0 bridgehead atoms. The smallest absolute Gasteiger partial charge is 0.150 e. The van der Waals surface area contributed by atoms with Gasteiger partial charge >= 0.3 is 0 Å². The van der Waals surface area contributed by atoms with Crippen LogP contribution in [-0.4, -0.2) is 31.6 Å². The summed E-state index contributed by atoms with van der Waals surface area (Å²) >= 11 is 0. The van der Waals surface area contributed by atoms with E-state index in [0.29, 0.717) is 18.0 Å². The third kappa shape index (κ3) is 3.56. The molecule has 0 spiro atoms. The van der Waals surface area contributed by atoms with Crippen molar-refractivity contribution in [2.45, 2.75) is 26.7 Å². The summed E-state index contributed by atoms with van der Waals surface area (Å²) < 4.78 is 28.6. The molecule has 7 heteroatoms. The number of hydrogen-bond donors (Lipinski definition) is 2. The summed E-state index contributed by atoms with van der Waals surface area (Å²) in [6, 6.07) is 5.79. The van der Waals surface area contributed by atoms with Crippen LogP contribution in [0.1, 0.15) is 24.3 Å². The summed E-state index contributed by atoms with van der Waals surface area (Å²) in [6.45, 7) is 4.40. The summed E-state index contributed by atoms with van der Waals surface area (Å²) in [5.74, 6) is 1.49. The van der Waals surface area contributed by atoms with E-state index in [-0.39, 0.29) is 11.7 Å². The monoisotopic (exact) mass is 349 g/mol. The summed E-state index contributed by atoms with van der Waals surface area (Å²) in [5.41, 5.74) is 10.4. The highest BCUT2D eigenvalue weighted by atomic mass is 32.2. The molecular formula is C17H23N3O3S. The normalized spacial score (nSPS) is 20.0. The number of anilines is 2. The van der Waals surface area contributed by atoms with Crippen LogP contribution in [0.2, 0.25) is 0 Å². The summed E-state index contributed by atoms with van der Waals surface area (Å²) in [7, 11) is -2.88. The molecule has 1 aliphatic rings. The lowest BCUT2D eigenvalue weighted by Crippen LogP contribution is -2.29. The number of sulfone groups is 1. The molecule has 0 amide bonds. The van der Waals surface area contributed by atoms with Crippen LogP contribution in [0.15, 0.2) is 22.7 Å². The van der Waals surface area contributed by atoms with Crippen LogP contribution < -0.4 is 11.1 Å². The Morgan fingerprint density at radius 3 is 2.79 bits per heavy atom. The summed E-state index contributed by atoms with van der Waals surface area (Å²) in [5, 5.41) is 7.26. The Morgan fingerprint density at radius 1 is 1.38 bits per heavy atom. The quantitative estimate of drug-likeness (QED) is 0.824. The maximum atomic E-state index is 11.7. The minimum Gasteiger partial charge on any atom is -0.397 e. The molecular weight excluding hydrogens is 326 g/mol. The second-order valence-corrected chi connectivity index (χ2v) is 8.73. The maximum absolute atomic E-state index is 11.7. The number of hydrogen-bond acceptors (Lipinski definition) is 6. The second-order valence-electron chi connectivity index (χ2n) is 6.50. The van der Waals surface area contributed by atoms with Crippen molar-refractivity contribution in [1.82, 2.24) is 5.16 Å². The van der Waals surface area contributed by atoms with E-state index in [9.17, 15) is 8.42 Å². The van der Waals surface area contributed by atoms with Crippen LogP contribution in [0.3, 0.4) is 0 Å². The van der Waals surface area contributed by atoms with E-state index in [0.717, 1.165) is 41.1 Å². The van der Waals surface area contributed by atoms with Crippen molar-refractivity contribution in [3.63, 3.8) is 0 Å². The van der Waals surface area contributed by atoms with Gasteiger partial charge in [-0.25, -0.2) is 8.42 Å². The fourth-order valence-electron chi connectivity index (χ4n) is 3.31. The molecule has 1 fully saturated rings. The van der Waals surface area contributed by atoms with Crippen LogP contribution in [-0.2, 0) is 9.84 Å². The largest absolute Gasteiger partial charge is 0.397 e. The van der Waals surface area contributed by atoms with E-state index in [2.05, 4.69) is 10.5 Å². The van der Waals surface area contributed by atoms with Gasteiger partial charge in [0.2, 0.25) is 0 Å². The minimum absolute atomic E-state index is 0.144. The molecule has 1 aromatic carbocycles. The number of nitrogens with one attached hydrogen (secondary N) is 1. The zero-order chi connectivity index (χ0) is 17.3. The van der Waals surface area contributed by atoms with Gasteiger partial charge in [0.15, 0.2) is 9.84 Å². The first kappa shape index (κ1) is 16.8. The van der Waals surface area contributed by atoms with Crippen LogP contribution >= 0.6 is 0 Å². The van der Waals surface area contributed by atoms with Gasteiger partial charge in [-0.15, -0.1) is 0 Å². The molecule has 0 radical (unpaired) electrons.